The Labute approximate surface area is 130 Å². The summed E-state index contributed by atoms with van der Waals surface area (Å²) in [6.07, 6.45) is -6.40. The molecule has 126 valence electrons. The minimum absolute atomic E-state index is 0.224. The molecule has 23 heavy (non-hydrogen) atoms. The van der Waals surface area contributed by atoms with Crippen molar-refractivity contribution >= 4 is 11.9 Å². The van der Waals surface area contributed by atoms with Crippen molar-refractivity contribution in [2.75, 3.05) is 6.61 Å². The maximum absolute atomic E-state index is 12.3. The Morgan fingerprint density at radius 2 is 2.04 bits per heavy atom. The number of carbonyl (C=O) groups excluding carboxylic acids is 1. The lowest BCUT2D eigenvalue weighted by Gasteiger charge is -2.26. The molecule has 1 heterocycles. The van der Waals surface area contributed by atoms with Crippen molar-refractivity contribution in [3.05, 3.63) is 35.4 Å². The zero-order valence-corrected chi connectivity index (χ0v) is 12.1. The van der Waals surface area contributed by atoms with Crippen molar-refractivity contribution in [3.8, 4) is 0 Å². The number of ether oxygens (including phenoxy) is 1. The zero-order valence-electron chi connectivity index (χ0n) is 12.1. The number of fused-ring (bicyclic) bond motifs is 1. The summed E-state index contributed by atoms with van der Waals surface area (Å²) >= 11 is 0. The van der Waals surface area contributed by atoms with Gasteiger partial charge in [-0.1, -0.05) is 24.3 Å². The normalized spacial score (nSPS) is 18.8. The maximum atomic E-state index is 12.3. The number of halogens is 3. The molecule has 0 spiro atoms. The molecule has 0 saturated carbocycles. The molecule has 1 amide bonds. The fourth-order valence-electron chi connectivity index (χ4n) is 2.50. The first-order valence-corrected chi connectivity index (χ1v) is 7.04. The Morgan fingerprint density at radius 1 is 1.35 bits per heavy atom. The Hall–Kier alpha value is -2.09. The average molecular weight is 331 g/mol. The number of aliphatic carboxylic acids is 1. The minimum atomic E-state index is -4.68. The summed E-state index contributed by atoms with van der Waals surface area (Å²) in [5.74, 6) is -2.51. The van der Waals surface area contributed by atoms with Gasteiger partial charge in [-0.05, 0) is 17.5 Å². The van der Waals surface area contributed by atoms with Crippen LogP contribution in [0.2, 0.25) is 0 Å². The molecule has 2 rings (SSSR count). The van der Waals surface area contributed by atoms with Crippen LogP contribution in [0.25, 0.3) is 0 Å². The van der Waals surface area contributed by atoms with Crippen LogP contribution in [-0.4, -0.2) is 35.8 Å². The Morgan fingerprint density at radius 3 is 2.70 bits per heavy atom. The van der Waals surface area contributed by atoms with E-state index in [2.05, 4.69) is 0 Å². The van der Waals surface area contributed by atoms with Crippen LogP contribution < -0.4 is 5.32 Å². The van der Waals surface area contributed by atoms with Crippen LogP contribution >= 0.6 is 0 Å². The first kappa shape index (κ1) is 17.3. The Kier molecular flexibility index (Phi) is 5.25. The van der Waals surface area contributed by atoms with Gasteiger partial charge in [0, 0.05) is 0 Å². The van der Waals surface area contributed by atoms with E-state index in [1.54, 1.807) is 12.1 Å². The fraction of sp³-hybridized carbons (Fsp3) is 0.467. The van der Waals surface area contributed by atoms with Crippen LogP contribution in [0.5, 0.6) is 0 Å². The molecule has 1 aliphatic heterocycles. The van der Waals surface area contributed by atoms with Gasteiger partial charge in [0.15, 0.2) is 0 Å². The number of carboxylic acid groups (broad SMARTS) is 1. The molecule has 2 atom stereocenters. The number of benzene rings is 1. The van der Waals surface area contributed by atoms with Crippen molar-refractivity contribution in [1.29, 1.82) is 0 Å². The van der Waals surface area contributed by atoms with E-state index in [1.807, 2.05) is 17.4 Å². The number of carboxylic acids is 1. The van der Waals surface area contributed by atoms with Crippen molar-refractivity contribution < 1.29 is 32.6 Å². The van der Waals surface area contributed by atoms with Crippen LogP contribution in [0.1, 0.15) is 30.1 Å². The second-order valence-electron chi connectivity index (χ2n) is 5.29. The molecule has 0 bridgehead atoms. The molecule has 5 nitrogen and oxygen atoms in total. The van der Waals surface area contributed by atoms with Gasteiger partial charge in [-0.3, -0.25) is 4.79 Å². The number of amides is 1. The first-order valence-electron chi connectivity index (χ1n) is 7.04. The maximum Gasteiger partial charge on any atom is 0.391 e. The van der Waals surface area contributed by atoms with Gasteiger partial charge in [0.2, 0.25) is 5.91 Å². The molecule has 8 heteroatoms. The van der Waals surface area contributed by atoms with Crippen LogP contribution in [0.3, 0.4) is 0 Å². The smallest absolute Gasteiger partial charge is 0.391 e. The van der Waals surface area contributed by atoms with Crippen LogP contribution in [0.4, 0.5) is 13.2 Å². The van der Waals surface area contributed by atoms with Gasteiger partial charge in [0.1, 0.15) is 6.04 Å². The van der Waals surface area contributed by atoms with Gasteiger partial charge in [0.25, 0.3) is 0 Å². The van der Waals surface area contributed by atoms with Crippen LogP contribution in [0.15, 0.2) is 24.3 Å². The summed E-state index contributed by atoms with van der Waals surface area (Å²) < 4.78 is 42.5. The van der Waals surface area contributed by atoms with Crippen LogP contribution in [-0.2, 0) is 20.7 Å². The summed E-state index contributed by atoms with van der Waals surface area (Å²) in [5, 5.41) is 10.7. The molecule has 1 aromatic carbocycles. The second-order valence-corrected chi connectivity index (χ2v) is 5.29. The highest BCUT2D eigenvalue weighted by Gasteiger charge is 2.36. The monoisotopic (exact) mass is 331 g/mol. The molecule has 0 saturated heterocycles. The van der Waals surface area contributed by atoms with Gasteiger partial charge in [-0.25, -0.2) is 4.79 Å². The lowest BCUT2D eigenvalue weighted by Crippen LogP contribution is -2.44. The molecule has 0 fully saturated rings. The highest BCUT2D eigenvalue weighted by atomic mass is 19.4. The lowest BCUT2D eigenvalue weighted by molar-refractivity contribution is -0.160. The quantitative estimate of drug-likeness (QED) is 0.867. The molecule has 1 aliphatic rings. The van der Waals surface area contributed by atoms with E-state index in [0.717, 1.165) is 11.1 Å². The van der Waals surface area contributed by atoms with Gasteiger partial charge >= 0.3 is 12.1 Å². The Balaban J connectivity index is 2.00. The van der Waals surface area contributed by atoms with E-state index in [1.165, 1.54) is 0 Å². The number of carbonyl (C=O) groups is 2. The number of alkyl halides is 3. The third-order valence-corrected chi connectivity index (χ3v) is 3.53. The van der Waals surface area contributed by atoms with E-state index >= 15 is 0 Å². The highest BCUT2D eigenvalue weighted by molar-refractivity contribution is 5.84. The van der Waals surface area contributed by atoms with Gasteiger partial charge in [-0.15, -0.1) is 0 Å². The topological polar surface area (TPSA) is 75.6 Å². The van der Waals surface area contributed by atoms with E-state index in [0.29, 0.717) is 13.0 Å². The summed E-state index contributed by atoms with van der Waals surface area (Å²) in [7, 11) is 0. The van der Waals surface area contributed by atoms with E-state index in [4.69, 9.17) is 9.84 Å². The van der Waals surface area contributed by atoms with Crippen LogP contribution in [0, 0.1) is 0 Å². The van der Waals surface area contributed by atoms with Crippen molar-refractivity contribution in [3.63, 3.8) is 0 Å². The van der Waals surface area contributed by atoms with Crippen molar-refractivity contribution in [2.45, 2.75) is 37.6 Å². The third kappa shape index (κ3) is 4.95. The van der Waals surface area contributed by atoms with Gasteiger partial charge in [-0.2, -0.15) is 13.2 Å². The summed E-state index contributed by atoms with van der Waals surface area (Å²) in [6, 6.07) is 5.32. The Bertz CT molecular complexity index is 588. The number of hydrogen-bond acceptors (Lipinski definition) is 3. The first-order chi connectivity index (χ1) is 10.8. The number of hydrogen-bond donors (Lipinski definition) is 2. The molecule has 0 radical (unpaired) electrons. The molecule has 1 aromatic rings. The minimum Gasteiger partial charge on any atom is -0.480 e. The number of nitrogens with one attached hydrogen (secondary N) is 1. The molecular formula is C15H16F3NO4. The predicted octanol–water partition coefficient (Wildman–Crippen LogP) is 2.21. The molecule has 2 unspecified atom stereocenters. The largest absolute Gasteiger partial charge is 0.480 e. The van der Waals surface area contributed by atoms with E-state index in [-0.39, 0.29) is 6.42 Å². The third-order valence-electron chi connectivity index (χ3n) is 3.53. The molecule has 2 N–H and O–H groups in total. The predicted molar refractivity (Wildman–Crippen MR) is 73.7 cm³/mol. The second kappa shape index (κ2) is 6.99. The number of rotatable bonds is 5. The molecular weight excluding hydrogens is 315 g/mol. The average Bonchev–Trinajstić information content (AvgIpc) is 2.45. The van der Waals surface area contributed by atoms with E-state index in [9.17, 15) is 22.8 Å². The van der Waals surface area contributed by atoms with E-state index < -0.39 is 36.6 Å². The summed E-state index contributed by atoms with van der Waals surface area (Å²) in [5.41, 5.74) is 1.82. The zero-order chi connectivity index (χ0) is 17.0. The highest BCUT2D eigenvalue weighted by Crippen LogP contribution is 2.29. The van der Waals surface area contributed by atoms with Crippen molar-refractivity contribution in [2.24, 2.45) is 0 Å². The lowest BCUT2D eigenvalue weighted by atomic mass is 9.95. The molecule has 0 aliphatic carbocycles. The fourth-order valence-corrected chi connectivity index (χ4v) is 2.50. The van der Waals surface area contributed by atoms with Gasteiger partial charge < -0.3 is 15.2 Å². The molecule has 0 aromatic heterocycles. The summed E-state index contributed by atoms with van der Waals surface area (Å²) in [4.78, 5) is 22.8. The SMILES string of the molecule is O=C(CC1OCCc2ccccc21)NC(CC(F)(F)F)C(=O)O. The van der Waals surface area contributed by atoms with Crippen molar-refractivity contribution in [1.82, 2.24) is 5.32 Å². The van der Waals surface area contributed by atoms with Gasteiger partial charge in [0.05, 0.1) is 25.6 Å². The summed E-state index contributed by atoms with van der Waals surface area (Å²) in [6.45, 7) is 0.403. The standard InChI is InChI=1S/C15H16F3NO4/c16-15(17,18)8-11(14(21)22)19-13(20)7-12-10-4-2-1-3-9(10)5-6-23-12/h1-4,11-12H,5-8H2,(H,19,20)(H,21,22).